The molecule has 0 amide bonds. The smallest absolute Gasteiger partial charge is 0.105 e. The third-order valence-corrected chi connectivity index (χ3v) is 4.59. The van der Waals surface area contributed by atoms with Crippen molar-refractivity contribution >= 4 is 0 Å². The van der Waals surface area contributed by atoms with E-state index in [0.717, 1.165) is 11.5 Å². The summed E-state index contributed by atoms with van der Waals surface area (Å²) in [7, 11) is 0. The van der Waals surface area contributed by atoms with Crippen LogP contribution in [0.4, 0.5) is 0 Å². The number of benzene rings is 1. The standard InChI is InChI=1S/C17H24O2/c1-2-19-17(13-9-10-13)16(18)15-8-4-7-14(11-15)12-5-3-6-12/h4,7-8,11-13,16-18H,2-3,5-6,9-10H2,1H3. The number of aliphatic hydroxyl groups is 1. The van der Waals surface area contributed by atoms with Gasteiger partial charge in [-0.15, -0.1) is 0 Å². The third kappa shape index (κ3) is 2.85. The maximum atomic E-state index is 10.6. The van der Waals surface area contributed by atoms with Crippen LogP contribution in [-0.4, -0.2) is 17.8 Å². The Bertz CT molecular complexity index is 421. The lowest BCUT2D eigenvalue weighted by Gasteiger charge is -2.28. The fourth-order valence-corrected chi connectivity index (χ4v) is 3.03. The van der Waals surface area contributed by atoms with E-state index in [9.17, 15) is 5.11 Å². The molecule has 2 atom stereocenters. The summed E-state index contributed by atoms with van der Waals surface area (Å²) < 4.78 is 5.77. The van der Waals surface area contributed by atoms with Gasteiger partial charge in [0.15, 0.2) is 0 Å². The summed E-state index contributed by atoms with van der Waals surface area (Å²) in [5, 5.41) is 10.6. The van der Waals surface area contributed by atoms with Crippen LogP contribution in [0.3, 0.4) is 0 Å². The van der Waals surface area contributed by atoms with E-state index >= 15 is 0 Å². The molecular weight excluding hydrogens is 236 g/mol. The molecule has 19 heavy (non-hydrogen) atoms. The van der Waals surface area contributed by atoms with Crippen molar-refractivity contribution in [3.63, 3.8) is 0 Å². The molecule has 2 saturated carbocycles. The van der Waals surface area contributed by atoms with Gasteiger partial charge in [0.25, 0.3) is 0 Å². The van der Waals surface area contributed by atoms with E-state index in [1.54, 1.807) is 0 Å². The molecule has 0 heterocycles. The van der Waals surface area contributed by atoms with Gasteiger partial charge in [0.05, 0.1) is 6.10 Å². The molecule has 2 unspecified atom stereocenters. The van der Waals surface area contributed by atoms with E-state index in [2.05, 4.69) is 18.2 Å². The Hall–Kier alpha value is -0.860. The Morgan fingerprint density at radius 3 is 2.63 bits per heavy atom. The highest BCUT2D eigenvalue weighted by atomic mass is 16.5. The van der Waals surface area contributed by atoms with Gasteiger partial charge in [-0.2, -0.15) is 0 Å². The van der Waals surface area contributed by atoms with Gasteiger partial charge in [-0.1, -0.05) is 30.7 Å². The Morgan fingerprint density at radius 2 is 2.05 bits per heavy atom. The summed E-state index contributed by atoms with van der Waals surface area (Å²) in [5.41, 5.74) is 2.43. The highest BCUT2D eigenvalue weighted by Crippen LogP contribution is 2.41. The van der Waals surface area contributed by atoms with E-state index in [4.69, 9.17) is 4.74 Å². The summed E-state index contributed by atoms with van der Waals surface area (Å²) in [6, 6.07) is 8.53. The van der Waals surface area contributed by atoms with Gasteiger partial charge in [0.2, 0.25) is 0 Å². The number of rotatable bonds is 6. The van der Waals surface area contributed by atoms with Gasteiger partial charge in [-0.3, -0.25) is 0 Å². The second kappa shape index (κ2) is 5.64. The van der Waals surface area contributed by atoms with Gasteiger partial charge in [0, 0.05) is 6.61 Å². The molecule has 2 heteroatoms. The highest BCUT2D eigenvalue weighted by Gasteiger charge is 2.37. The molecule has 1 N–H and O–H groups in total. The second-order valence-electron chi connectivity index (χ2n) is 6.00. The maximum absolute atomic E-state index is 10.6. The Kier molecular flexibility index (Phi) is 3.90. The third-order valence-electron chi connectivity index (χ3n) is 4.59. The monoisotopic (exact) mass is 260 g/mol. The number of hydrogen-bond donors (Lipinski definition) is 1. The molecule has 1 aromatic carbocycles. The lowest BCUT2D eigenvalue weighted by molar-refractivity contribution is -0.0462. The fourth-order valence-electron chi connectivity index (χ4n) is 3.03. The van der Waals surface area contributed by atoms with Crippen molar-refractivity contribution in [2.75, 3.05) is 6.61 Å². The van der Waals surface area contributed by atoms with Crippen LogP contribution in [0.25, 0.3) is 0 Å². The van der Waals surface area contributed by atoms with Crippen LogP contribution in [0, 0.1) is 5.92 Å². The van der Waals surface area contributed by atoms with Crippen molar-refractivity contribution in [2.24, 2.45) is 5.92 Å². The lowest BCUT2D eigenvalue weighted by Crippen LogP contribution is -2.24. The molecule has 0 aromatic heterocycles. The summed E-state index contributed by atoms with van der Waals surface area (Å²) in [5.74, 6) is 1.28. The zero-order valence-electron chi connectivity index (χ0n) is 11.7. The maximum Gasteiger partial charge on any atom is 0.105 e. The first-order chi connectivity index (χ1) is 9.29. The Labute approximate surface area is 115 Å². The molecule has 2 aliphatic carbocycles. The van der Waals surface area contributed by atoms with Crippen LogP contribution in [-0.2, 0) is 4.74 Å². The number of ether oxygens (including phenoxy) is 1. The zero-order chi connectivity index (χ0) is 13.2. The van der Waals surface area contributed by atoms with Crippen LogP contribution >= 0.6 is 0 Å². The minimum atomic E-state index is -0.465. The Balaban J connectivity index is 1.75. The fraction of sp³-hybridized carbons (Fsp3) is 0.647. The van der Waals surface area contributed by atoms with E-state index in [1.807, 2.05) is 13.0 Å². The van der Waals surface area contributed by atoms with Gasteiger partial charge < -0.3 is 9.84 Å². The predicted octanol–water partition coefficient (Wildman–Crippen LogP) is 3.80. The molecule has 0 aliphatic heterocycles. The average Bonchev–Trinajstić information content (AvgIpc) is 3.18. The SMILES string of the molecule is CCOC(C1CC1)C(O)c1cccc(C2CCC2)c1. The molecule has 3 rings (SSSR count). The van der Waals surface area contributed by atoms with E-state index in [0.29, 0.717) is 12.5 Å². The molecular formula is C17H24O2. The first kappa shape index (κ1) is 13.1. The zero-order valence-corrected chi connectivity index (χ0v) is 11.7. The summed E-state index contributed by atoms with van der Waals surface area (Å²) >= 11 is 0. The number of hydrogen-bond acceptors (Lipinski definition) is 2. The molecule has 0 saturated heterocycles. The molecule has 104 valence electrons. The molecule has 2 aliphatic rings. The first-order valence-electron chi connectivity index (χ1n) is 7.69. The summed E-state index contributed by atoms with van der Waals surface area (Å²) in [6.45, 7) is 2.69. The van der Waals surface area contributed by atoms with Crippen molar-refractivity contribution in [1.29, 1.82) is 0 Å². The topological polar surface area (TPSA) is 29.5 Å². The van der Waals surface area contributed by atoms with Crippen molar-refractivity contribution in [3.8, 4) is 0 Å². The van der Waals surface area contributed by atoms with Crippen LogP contribution in [0.1, 0.15) is 62.2 Å². The molecule has 2 fully saturated rings. The quantitative estimate of drug-likeness (QED) is 0.843. The lowest BCUT2D eigenvalue weighted by atomic mass is 9.79. The van der Waals surface area contributed by atoms with Crippen molar-refractivity contribution in [3.05, 3.63) is 35.4 Å². The predicted molar refractivity (Wildman–Crippen MR) is 76.1 cm³/mol. The van der Waals surface area contributed by atoms with E-state index in [-0.39, 0.29) is 6.10 Å². The average molecular weight is 260 g/mol. The number of aliphatic hydroxyl groups excluding tert-OH is 1. The van der Waals surface area contributed by atoms with Crippen LogP contribution < -0.4 is 0 Å². The van der Waals surface area contributed by atoms with E-state index < -0.39 is 6.10 Å². The van der Waals surface area contributed by atoms with Gasteiger partial charge >= 0.3 is 0 Å². The van der Waals surface area contributed by atoms with Crippen molar-refractivity contribution in [2.45, 2.75) is 57.2 Å². The molecule has 0 radical (unpaired) electrons. The second-order valence-corrected chi connectivity index (χ2v) is 6.00. The molecule has 1 aromatic rings. The van der Waals surface area contributed by atoms with Crippen LogP contribution in [0.5, 0.6) is 0 Å². The Morgan fingerprint density at radius 1 is 1.26 bits per heavy atom. The van der Waals surface area contributed by atoms with E-state index in [1.165, 1.54) is 37.7 Å². The largest absolute Gasteiger partial charge is 0.386 e. The molecule has 2 nitrogen and oxygen atoms in total. The summed E-state index contributed by atoms with van der Waals surface area (Å²) in [4.78, 5) is 0. The molecule has 0 bridgehead atoms. The minimum absolute atomic E-state index is 0.0124. The van der Waals surface area contributed by atoms with Crippen LogP contribution in [0.2, 0.25) is 0 Å². The van der Waals surface area contributed by atoms with Crippen molar-refractivity contribution in [1.82, 2.24) is 0 Å². The normalized spacial score (nSPS) is 22.8. The van der Waals surface area contributed by atoms with Gasteiger partial charge in [0.1, 0.15) is 6.10 Å². The summed E-state index contributed by atoms with van der Waals surface area (Å²) in [6.07, 6.45) is 5.87. The van der Waals surface area contributed by atoms with Gasteiger partial charge in [-0.05, 0) is 55.6 Å². The van der Waals surface area contributed by atoms with Crippen LogP contribution in [0.15, 0.2) is 24.3 Å². The van der Waals surface area contributed by atoms with Crippen molar-refractivity contribution < 1.29 is 9.84 Å². The first-order valence-corrected chi connectivity index (χ1v) is 7.69. The highest BCUT2D eigenvalue weighted by molar-refractivity contribution is 5.29. The van der Waals surface area contributed by atoms with Gasteiger partial charge in [-0.25, -0.2) is 0 Å². The molecule has 0 spiro atoms. The minimum Gasteiger partial charge on any atom is -0.386 e.